The van der Waals surface area contributed by atoms with E-state index in [9.17, 15) is 9.59 Å². The third-order valence-corrected chi connectivity index (χ3v) is 3.30. The van der Waals surface area contributed by atoms with Crippen molar-refractivity contribution in [1.82, 2.24) is 4.90 Å². The number of carbonyl (C=O) groups is 2. The van der Waals surface area contributed by atoms with Gasteiger partial charge in [0.2, 0.25) is 5.24 Å². The molecule has 1 amide bonds. The van der Waals surface area contributed by atoms with Gasteiger partial charge >= 0.3 is 6.09 Å². The van der Waals surface area contributed by atoms with Crippen molar-refractivity contribution in [3.05, 3.63) is 30.3 Å². The highest BCUT2D eigenvalue weighted by Gasteiger charge is 2.30. The summed E-state index contributed by atoms with van der Waals surface area (Å²) in [5.41, 5.74) is 1.12. The Morgan fingerprint density at radius 2 is 1.90 bits per heavy atom. The molecule has 0 spiro atoms. The number of anilines is 1. The molecule has 5 nitrogen and oxygen atoms in total. The molecule has 0 bridgehead atoms. The summed E-state index contributed by atoms with van der Waals surface area (Å²) in [5.74, 6) is 0.527. The Morgan fingerprint density at radius 1 is 1.33 bits per heavy atom. The van der Waals surface area contributed by atoms with E-state index in [0.717, 1.165) is 25.3 Å². The lowest BCUT2D eigenvalue weighted by Gasteiger charge is -2.38. The highest BCUT2D eigenvalue weighted by atomic mass is 35.5. The van der Waals surface area contributed by atoms with E-state index < -0.39 is 0 Å². The SMILES string of the molecule is CCC(=O)Cl.COC(=O)N1CC(CNc2ccccc2)C1. The number of likely N-dealkylation sites (tertiary alicyclic amines) is 1. The highest BCUT2D eigenvalue weighted by molar-refractivity contribution is 6.63. The van der Waals surface area contributed by atoms with Crippen molar-refractivity contribution >= 4 is 28.6 Å². The summed E-state index contributed by atoms with van der Waals surface area (Å²) in [6.07, 6.45) is 0.206. The molecule has 0 aliphatic carbocycles. The first kappa shape index (κ1) is 17.3. The zero-order chi connectivity index (χ0) is 15.7. The number of amides is 1. The number of ether oxygens (including phenoxy) is 1. The summed E-state index contributed by atoms with van der Waals surface area (Å²) in [5, 5.41) is 3.07. The summed E-state index contributed by atoms with van der Waals surface area (Å²) >= 11 is 4.82. The maximum Gasteiger partial charge on any atom is 0.409 e. The lowest BCUT2D eigenvalue weighted by molar-refractivity contribution is -0.111. The second-order valence-electron chi connectivity index (χ2n) is 4.70. The van der Waals surface area contributed by atoms with Crippen LogP contribution in [0.25, 0.3) is 0 Å². The Bertz CT molecular complexity index is 447. The molecule has 1 N–H and O–H groups in total. The lowest BCUT2D eigenvalue weighted by Crippen LogP contribution is -2.52. The number of para-hydroxylation sites is 1. The Kier molecular flexibility index (Phi) is 7.61. The molecule has 0 unspecified atom stereocenters. The number of methoxy groups -OCH3 is 1. The second-order valence-corrected chi connectivity index (χ2v) is 5.12. The van der Waals surface area contributed by atoms with Crippen LogP contribution in [0.15, 0.2) is 30.3 Å². The molecule has 1 heterocycles. The maximum absolute atomic E-state index is 11.1. The Labute approximate surface area is 130 Å². The van der Waals surface area contributed by atoms with Crippen LogP contribution in [0, 0.1) is 5.92 Å². The van der Waals surface area contributed by atoms with Gasteiger partial charge in [0.1, 0.15) is 0 Å². The Hall–Kier alpha value is -1.75. The van der Waals surface area contributed by atoms with Gasteiger partial charge in [0.15, 0.2) is 0 Å². The van der Waals surface area contributed by atoms with Crippen LogP contribution in [-0.4, -0.2) is 43.0 Å². The molecule has 0 atom stereocenters. The Morgan fingerprint density at radius 3 is 2.38 bits per heavy atom. The van der Waals surface area contributed by atoms with Crippen molar-refractivity contribution in [2.45, 2.75) is 13.3 Å². The van der Waals surface area contributed by atoms with E-state index in [1.165, 1.54) is 7.11 Å². The van der Waals surface area contributed by atoms with Crippen molar-refractivity contribution in [2.75, 3.05) is 32.1 Å². The first-order valence-corrected chi connectivity index (χ1v) is 7.24. The summed E-state index contributed by atoms with van der Waals surface area (Å²) in [7, 11) is 1.41. The molecule has 1 aromatic rings. The van der Waals surface area contributed by atoms with Gasteiger partial charge in [-0.05, 0) is 23.7 Å². The topological polar surface area (TPSA) is 58.6 Å². The van der Waals surface area contributed by atoms with E-state index >= 15 is 0 Å². The van der Waals surface area contributed by atoms with Crippen LogP contribution in [0.4, 0.5) is 10.5 Å². The molecule has 1 aromatic carbocycles. The molecular formula is C15H21ClN2O3. The van der Waals surface area contributed by atoms with E-state index in [2.05, 4.69) is 10.1 Å². The predicted octanol–water partition coefficient (Wildman–Crippen LogP) is 2.96. The predicted molar refractivity (Wildman–Crippen MR) is 83.6 cm³/mol. The van der Waals surface area contributed by atoms with Crippen LogP contribution in [0.2, 0.25) is 0 Å². The van der Waals surface area contributed by atoms with Crippen molar-refractivity contribution < 1.29 is 14.3 Å². The summed E-state index contributed by atoms with van der Waals surface area (Å²) in [6.45, 7) is 4.19. The van der Waals surface area contributed by atoms with E-state index in [4.69, 9.17) is 11.6 Å². The number of hydrogen-bond acceptors (Lipinski definition) is 4. The van der Waals surface area contributed by atoms with Crippen molar-refractivity contribution in [2.24, 2.45) is 5.92 Å². The molecule has 0 radical (unpaired) electrons. The van der Waals surface area contributed by atoms with Gasteiger partial charge in [0.25, 0.3) is 0 Å². The standard InChI is InChI=1S/C12H16N2O2.C3H5ClO/c1-16-12(15)14-8-10(9-14)7-13-11-5-3-2-4-6-11;1-2-3(4)5/h2-6,10,13H,7-9H2,1H3;2H2,1H3. The molecule has 6 heteroatoms. The van der Waals surface area contributed by atoms with Gasteiger partial charge in [-0.15, -0.1) is 0 Å². The van der Waals surface area contributed by atoms with Crippen LogP contribution in [0.3, 0.4) is 0 Å². The number of benzene rings is 1. The number of halogens is 1. The van der Waals surface area contributed by atoms with E-state index in [1.54, 1.807) is 11.8 Å². The molecule has 0 aromatic heterocycles. The van der Waals surface area contributed by atoms with Crippen LogP contribution in [0.1, 0.15) is 13.3 Å². The molecule has 1 saturated heterocycles. The molecule has 1 aliphatic heterocycles. The third-order valence-electron chi connectivity index (χ3n) is 3.04. The number of nitrogens with zero attached hydrogens (tertiary/aromatic N) is 1. The first-order valence-electron chi connectivity index (χ1n) is 6.87. The van der Waals surface area contributed by atoms with E-state index in [1.807, 2.05) is 30.3 Å². The maximum atomic E-state index is 11.1. The molecule has 1 fully saturated rings. The first-order chi connectivity index (χ1) is 10.1. The molecule has 21 heavy (non-hydrogen) atoms. The van der Waals surface area contributed by atoms with Gasteiger partial charge in [0.05, 0.1) is 7.11 Å². The summed E-state index contributed by atoms with van der Waals surface area (Å²) in [6, 6.07) is 10.1. The van der Waals surface area contributed by atoms with Crippen LogP contribution < -0.4 is 5.32 Å². The van der Waals surface area contributed by atoms with Gasteiger partial charge < -0.3 is 15.0 Å². The van der Waals surface area contributed by atoms with Crippen molar-refractivity contribution in [1.29, 1.82) is 0 Å². The zero-order valence-electron chi connectivity index (χ0n) is 12.3. The molecule has 0 saturated carbocycles. The fourth-order valence-electron chi connectivity index (χ4n) is 1.80. The minimum absolute atomic E-state index is 0.226. The fraction of sp³-hybridized carbons (Fsp3) is 0.467. The minimum Gasteiger partial charge on any atom is -0.453 e. The average molecular weight is 313 g/mol. The van der Waals surface area contributed by atoms with Gasteiger partial charge in [-0.3, -0.25) is 4.79 Å². The number of rotatable bonds is 4. The van der Waals surface area contributed by atoms with E-state index in [0.29, 0.717) is 12.3 Å². The van der Waals surface area contributed by atoms with Crippen LogP contribution >= 0.6 is 11.6 Å². The largest absolute Gasteiger partial charge is 0.453 e. The molecular weight excluding hydrogens is 292 g/mol. The van der Waals surface area contributed by atoms with Gasteiger partial charge in [-0.1, -0.05) is 25.1 Å². The quantitative estimate of drug-likeness (QED) is 0.868. The molecule has 2 rings (SSSR count). The molecule has 116 valence electrons. The summed E-state index contributed by atoms with van der Waals surface area (Å²) in [4.78, 5) is 22.4. The average Bonchev–Trinajstić information content (AvgIpc) is 2.47. The number of hydrogen-bond donors (Lipinski definition) is 1. The van der Waals surface area contributed by atoms with Crippen LogP contribution in [0.5, 0.6) is 0 Å². The monoisotopic (exact) mass is 312 g/mol. The van der Waals surface area contributed by atoms with Gasteiger partial charge in [-0.2, -0.15) is 0 Å². The molecule has 1 aliphatic rings. The van der Waals surface area contributed by atoms with Crippen LogP contribution in [-0.2, 0) is 9.53 Å². The highest BCUT2D eigenvalue weighted by Crippen LogP contribution is 2.17. The smallest absolute Gasteiger partial charge is 0.409 e. The number of carbonyl (C=O) groups excluding carboxylic acids is 2. The second kappa shape index (κ2) is 9.23. The van der Waals surface area contributed by atoms with E-state index in [-0.39, 0.29) is 11.3 Å². The summed E-state index contributed by atoms with van der Waals surface area (Å²) < 4.78 is 4.63. The van der Waals surface area contributed by atoms with Crippen molar-refractivity contribution in [3.8, 4) is 0 Å². The van der Waals surface area contributed by atoms with Crippen molar-refractivity contribution in [3.63, 3.8) is 0 Å². The number of nitrogens with one attached hydrogen (secondary N) is 1. The Balaban J connectivity index is 0.000000383. The minimum atomic E-state index is -0.273. The third kappa shape index (κ3) is 6.49. The normalized spacial score (nSPS) is 13.6. The van der Waals surface area contributed by atoms with Gasteiger partial charge in [0, 0.05) is 37.7 Å². The lowest BCUT2D eigenvalue weighted by atomic mass is 10.0. The fourth-order valence-corrected chi connectivity index (χ4v) is 1.80. The van der Waals surface area contributed by atoms with Gasteiger partial charge in [-0.25, -0.2) is 4.79 Å². The zero-order valence-corrected chi connectivity index (χ0v) is 13.1.